The number of rotatable bonds is 4. The molecule has 0 spiro atoms. The summed E-state index contributed by atoms with van der Waals surface area (Å²) in [5.41, 5.74) is -0.422. The summed E-state index contributed by atoms with van der Waals surface area (Å²) in [6.45, 7) is 6.79. The topological polar surface area (TPSA) is 41.6 Å². The second kappa shape index (κ2) is 5.64. The first-order chi connectivity index (χ1) is 7.47. The average Bonchev–Trinajstić information content (AvgIpc) is 2.28. The summed E-state index contributed by atoms with van der Waals surface area (Å²) in [5.74, 6) is -0.131. The van der Waals surface area contributed by atoms with E-state index >= 15 is 0 Å². The second-order valence-electron chi connectivity index (χ2n) is 5.27. The van der Waals surface area contributed by atoms with Crippen molar-refractivity contribution in [2.24, 2.45) is 5.41 Å². The van der Waals surface area contributed by atoms with Crippen LogP contribution >= 0.6 is 0 Å². The van der Waals surface area contributed by atoms with Crippen molar-refractivity contribution in [3.63, 3.8) is 0 Å². The van der Waals surface area contributed by atoms with Gasteiger partial charge < -0.3 is 15.0 Å². The van der Waals surface area contributed by atoms with Gasteiger partial charge in [-0.3, -0.25) is 4.79 Å². The molecular weight excluding hydrogens is 204 g/mol. The molecule has 0 bridgehead atoms. The summed E-state index contributed by atoms with van der Waals surface area (Å²) >= 11 is 0. The maximum absolute atomic E-state index is 11.6. The Bertz CT molecular complexity index is 235. The summed E-state index contributed by atoms with van der Waals surface area (Å²) in [6.07, 6.45) is 2.32. The Balaban J connectivity index is 2.48. The molecule has 1 heterocycles. The molecule has 1 saturated heterocycles. The number of carbonyl (C=O) groups is 1. The third-order valence-corrected chi connectivity index (χ3v) is 3.31. The SMILES string of the molecule is COC(=O)C(C)(C)CN(C)C1CCNCC1. The highest BCUT2D eigenvalue weighted by atomic mass is 16.5. The lowest BCUT2D eigenvalue weighted by atomic mass is 9.91. The fourth-order valence-corrected chi connectivity index (χ4v) is 2.34. The van der Waals surface area contributed by atoms with Crippen molar-refractivity contribution in [1.82, 2.24) is 10.2 Å². The van der Waals surface area contributed by atoms with Crippen molar-refractivity contribution in [2.75, 3.05) is 33.8 Å². The second-order valence-corrected chi connectivity index (χ2v) is 5.27. The normalized spacial score (nSPS) is 18.8. The molecule has 0 aromatic rings. The minimum atomic E-state index is -0.422. The molecule has 0 aromatic carbocycles. The van der Waals surface area contributed by atoms with Gasteiger partial charge in [0.1, 0.15) is 0 Å². The molecule has 0 radical (unpaired) electrons. The fraction of sp³-hybridized carbons (Fsp3) is 0.917. The maximum Gasteiger partial charge on any atom is 0.312 e. The van der Waals surface area contributed by atoms with Gasteiger partial charge in [0.25, 0.3) is 0 Å². The molecule has 0 aliphatic carbocycles. The van der Waals surface area contributed by atoms with Gasteiger partial charge in [0.05, 0.1) is 12.5 Å². The summed E-state index contributed by atoms with van der Waals surface area (Å²) in [4.78, 5) is 13.9. The Morgan fingerprint density at radius 3 is 2.50 bits per heavy atom. The quantitative estimate of drug-likeness (QED) is 0.725. The molecule has 4 heteroatoms. The summed E-state index contributed by atoms with van der Waals surface area (Å²) in [6, 6.07) is 0.588. The predicted octanol–water partition coefficient (Wildman–Crippen LogP) is 0.869. The van der Waals surface area contributed by atoms with Gasteiger partial charge in [-0.15, -0.1) is 0 Å². The fourth-order valence-electron chi connectivity index (χ4n) is 2.34. The highest BCUT2D eigenvalue weighted by Gasteiger charge is 2.32. The number of nitrogens with zero attached hydrogens (tertiary/aromatic N) is 1. The third kappa shape index (κ3) is 3.46. The van der Waals surface area contributed by atoms with Gasteiger partial charge in [0.15, 0.2) is 0 Å². The van der Waals surface area contributed by atoms with Crippen molar-refractivity contribution >= 4 is 5.97 Å². The lowest BCUT2D eigenvalue weighted by Crippen LogP contribution is -2.46. The first-order valence-electron chi connectivity index (χ1n) is 5.97. The monoisotopic (exact) mass is 228 g/mol. The molecule has 1 aliphatic heterocycles. The van der Waals surface area contributed by atoms with E-state index in [0.29, 0.717) is 6.04 Å². The zero-order valence-electron chi connectivity index (χ0n) is 10.9. The van der Waals surface area contributed by atoms with Crippen molar-refractivity contribution in [1.29, 1.82) is 0 Å². The number of hydrogen-bond donors (Lipinski definition) is 1. The van der Waals surface area contributed by atoms with E-state index in [9.17, 15) is 4.79 Å². The van der Waals surface area contributed by atoms with Crippen molar-refractivity contribution < 1.29 is 9.53 Å². The predicted molar refractivity (Wildman–Crippen MR) is 64.3 cm³/mol. The van der Waals surface area contributed by atoms with Crippen LogP contribution in [0.4, 0.5) is 0 Å². The standard InChI is InChI=1S/C12H24N2O2/c1-12(2,11(15)16-4)9-14(3)10-5-7-13-8-6-10/h10,13H,5-9H2,1-4H3. The molecule has 16 heavy (non-hydrogen) atoms. The van der Waals surface area contributed by atoms with E-state index in [1.807, 2.05) is 13.8 Å². The summed E-state index contributed by atoms with van der Waals surface area (Å²) in [5, 5.41) is 3.35. The van der Waals surface area contributed by atoms with Crippen LogP contribution in [0.15, 0.2) is 0 Å². The van der Waals surface area contributed by atoms with Gasteiger partial charge >= 0.3 is 5.97 Å². The highest BCUT2D eigenvalue weighted by molar-refractivity contribution is 5.76. The van der Waals surface area contributed by atoms with E-state index in [4.69, 9.17) is 4.74 Å². The lowest BCUT2D eigenvalue weighted by molar-refractivity contribution is -0.152. The minimum absolute atomic E-state index is 0.131. The van der Waals surface area contributed by atoms with Crippen molar-refractivity contribution in [3.8, 4) is 0 Å². The number of piperidine rings is 1. The maximum atomic E-state index is 11.6. The Labute approximate surface area is 98.3 Å². The van der Waals surface area contributed by atoms with E-state index in [0.717, 1.165) is 32.5 Å². The molecule has 0 amide bonds. The van der Waals surface area contributed by atoms with E-state index in [1.165, 1.54) is 7.11 Å². The first kappa shape index (κ1) is 13.5. The van der Waals surface area contributed by atoms with Crippen LogP contribution in [0, 0.1) is 5.41 Å². The zero-order valence-corrected chi connectivity index (χ0v) is 10.9. The van der Waals surface area contributed by atoms with E-state index < -0.39 is 5.41 Å². The summed E-state index contributed by atoms with van der Waals surface area (Å²) in [7, 11) is 3.55. The van der Waals surface area contributed by atoms with Crippen LogP contribution in [0.1, 0.15) is 26.7 Å². The largest absolute Gasteiger partial charge is 0.469 e. The summed E-state index contributed by atoms with van der Waals surface area (Å²) < 4.78 is 4.83. The molecule has 94 valence electrons. The van der Waals surface area contributed by atoms with Crippen LogP contribution < -0.4 is 5.32 Å². The number of nitrogens with one attached hydrogen (secondary N) is 1. The number of hydrogen-bond acceptors (Lipinski definition) is 4. The zero-order chi connectivity index (χ0) is 12.2. The molecule has 1 fully saturated rings. The molecule has 1 rings (SSSR count). The van der Waals surface area contributed by atoms with E-state index in [1.54, 1.807) is 0 Å². The van der Waals surface area contributed by atoms with Gasteiger partial charge in [-0.2, -0.15) is 0 Å². The van der Waals surface area contributed by atoms with Gasteiger partial charge in [0, 0.05) is 12.6 Å². The number of methoxy groups -OCH3 is 1. The molecule has 0 saturated carbocycles. The van der Waals surface area contributed by atoms with Crippen LogP contribution in [-0.2, 0) is 9.53 Å². The Hall–Kier alpha value is -0.610. The molecule has 0 atom stereocenters. The Kier molecular flexibility index (Phi) is 4.74. The lowest BCUT2D eigenvalue weighted by Gasteiger charge is -2.35. The van der Waals surface area contributed by atoms with Crippen LogP contribution in [0.25, 0.3) is 0 Å². The average molecular weight is 228 g/mol. The van der Waals surface area contributed by atoms with Crippen LogP contribution in [0.2, 0.25) is 0 Å². The number of carbonyl (C=O) groups excluding carboxylic acids is 1. The number of esters is 1. The first-order valence-corrected chi connectivity index (χ1v) is 5.97. The minimum Gasteiger partial charge on any atom is -0.469 e. The van der Waals surface area contributed by atoms with Crippen LogP contribution in [0.3, 0.4) is 0 Å². The van der Waals surface area contributed by atoms with Crippen LogP contribution in [-0.4, -0.2) is 50.7 Å². The van der Waals surface area contributed by atoms with Crippen LogP contribution in [0.5, 0.6) is 0 Å². The number of ether oxygens (including phenoxy) is 1. The molecule has 1 N–H and O–H groups in total. The molecule has 0 aromatic heterocycles. The Morgan fingerprint density at radius 1 is 1.44 bits per heavy atom. The molecular formula is C12H24N2O2. The van der Waals surface area contributed by atoms with Gasteiger partial charge in [-0.1, -0.05) is 0 Å². The van der Waals surface area contributed by atoms with E-state index in [-0.39, 0.29) is 5.97 Å². The molecule has 1 aliphatic rings. The highest BCUT2D eigenvalue weighted by Crippen LogP contribution is 2.21. The third-order valence-electron chi connectivity index (χ3n) is 3.31. The Morgan fingerprint density at radius 2 is 2.00 bits per heavy atom. The van der Waals surface area contributed by atoms with Gasteiger partial charge in [0.2, 0.25) is 0 Å². The van der Waals surface area contributed by atoms with Crippen molar-refractivity contribution in [2.45, 2.75) is 32.7 Å². The van der Waals surface area contributed by atoms with Gasteiger partial charge in [-0.05, 0) is 46.8 Å². The smallest absolute Gasteiger partial charge is 0.312 e. The molecule has 0 unspecified atom stereocenters. The van der Waals surface area contributed by atoms with Gasteiger partial charge in [-0.25, -0.2) is 0 Å². The van der Waals surface area contributed by atoms with E-state index in [2.05, 4.69) is 17.3 Å². The van der Waals surface area contributed by atoms with Crippen molar-refractivity contribution in [3.05, 3.63) is 0 Å². The molecule has 4 nitrogen and oxygen atoms in total.